The van der Waals surface area contributed by atoms with Gasteiger partial charge in [-0.2, -0.15) is 10.2 Å². The standard InChI is InChI=1S/C22H22N4O2/c1-22(2)13-20(16-8-7-11-19(12-16)28-3)24-26(22)21(27)17-14-23-25(15-17)18-9-5-4-6-10-18/h4-12,14-15H,13H2,1-3H3. The molecule has 142 valence electrons. The number of hydrogen-bond acceptors (Lipinski definition) is 4. The van der Waals surface area contributed by atoms with Crippen molar-refractivity contribution in [2.75, 3.05) is 7.11 Å². The summed E-state index contributed by atoms with van der Waals surface area (Å²) in [5, 5.41) is 10.5. The lowest BCUT2D eigenvalue weighted by atomic mass is 9.94. The van der Waals surface area contributed by atoms with E-state index in [9.17, 15) is 4.79 Å². The smallest absolute Gasteiger partial charge is 0.277 e. The highest BCUT2D eigenvalue weighted by Gasteiger charge is 2.39. The Bertz CT molecular complexity index is 1040. The third-order valence-electron chi connectivity index (χ3n) is 4.84. The van der Waals surface area contributed by atoms with Gasteiger partial charge >= 0.3 is 0 Å². The van der Waals surface area contributed by atoms with Crippen LogP contribution in [-0.4, -0.2) is 39.1 Å². The van der Waals surface area contributed by atoms with Gasteiger partial charge in [-0.25, -0.2) is 9.69 Å². The Hall–Kier alpha value is -3.41. The summed E-state index contributed by atoms with van der Waals surface area (Å²) in [5.74, 6) is 0.608. The van der Waals surface area contributed by atoms with Gasteiger partial charge in [-0.3, -0.25) is 4.79 Å². The highest BCUT2D eigenvalue weighted by atomic mass is 16.5. The van der Waals surface area contributed by atoms with Crippen molar-refractivity contribution in [1.82, 2.24) is 14.8 Å². The zero-order valence-corrected chi connectivity index (χ0v) is 16.2. The first-order valence-corrected chi connectivity index (χ1v) is 9.14. The lowest BCUT2D eigenvalue weighted by Gasteiger charge is -2.28. The maximum absolute atomic E-state index is 13.1. The summed E-state index contributed by atoms with van der Waals surface area (Å²) >= 11 is 0. The van der Waals surface area contributed by atoms with Gasteiger partial charge in [-0.05, 0) is 38.1 Å². The molecule has 1 aromatic heterocycles. The summed E-state index contributed by atoms with van der Waals surface area (Å²) in [6.45, 7) is 4.03. The number of methoxy groups -OCH3 is 1. The largest absolute Gasteiger partial charge is 0.497 e. The summed E-state index contributed by atoms with van der Waals surface area (Å²) in [6.07, 6.45) is 4.00. The van der Waals surface area contributed by atoms with Gasteiger partial charge in [0.1, 0.15) is 5.75 Å². The van der Waals surface area contributed by atoms with E-state index in [0.29, 0.717) is 12.0 Å². The van der Waals surface area contributed by atoms with Crippen molar-refractivity contribution in [3.05, 3.63) is 78.1 Å². The fraction of sp³-hybridized carbons (Fsp3) is 0.227. The molecular formula is C22H22N4O2. The summed E-state index contributed by atoms with van der Waals surface area (Å²) in [6, 6.07) is 17.5. The van der Waals surface area contributed by atoms with Crippen molar-refractivity contribution in [1.29, 1.82) is 0 Å². The monoisotopic (exact) mass is 374 g/mol. The maximum atomic E-state index is 13.1. The van der Waals surface area contributed by atoms with Crippen LogP contribution in [0.4, 0.5) is 0 Å². The molecule has 3 aromatic rings. The number of rotatable bonds is 4. The third-order valence-corrected chi connectivity index (χ3v) is 4.84. The van der Waals surface area contributed by atoms with E-state index < -0.39 is 5.54 Å². The molecule has 0 spiro atoms. The SMILES string of the molecule is COc1cccc(C2=NN(C(=O)c3cnn(-c4ccccc4)c3)C(C)(C)C2)c1. The highest BCUT2D eigenvalue weighted by Crippen LogP contribution is 2.31. The molecule has 1 aliphatic rings. The molecule has 0 saturated heterocycles. The Kier molecular flexibility index (Phi) is 4.47. The quantitative estimate of drug-likeness (QED) is 0.696. The fourth-order valence-electron chi connectivity index (χ4n) is 3.34. The van der Waals surface area contributed by atoms with Crippen molar-refractivity contribution >= 4 is 11.6 Å². The molecule has 4 rings (SSSR count). The van der Waals surface area contributed by atoms with E-state index >= 15 is 0 Å². The van der Waals surface area contributed by atoms with Crippen molar-refractivity contribution in [3.63, 3.8) is 0 Å². The van der Waals surface area contributed by atoms with E-state index in [2.05, 4.69) is 10.2 Å². The number of hydrazone groups is 1. The Morgan fingerprint density at radius 2 is 1.89 bits per heavy atom. The van der Waals surface area contributed by atoms with Crippen LogP contribution < -0.4 is 4.74 Å². The Morgan fingerprint density at radius 3 is 2.64 bits per heavy atom. The Morgan fingerprint density at radius 1 is 1.11 bits per heavy atom. The van der Waals surface area contributed by atoms with Crippen molar-refractivity contribution in [2.45, 2.75) is 25.8 Å². The van der Waals surface area contributed by atoms with Crippen molar-refractivity contribution in [2.24, 2.45) is 5.10 Å². The topological polar surface area (TPSA) is 59.7 Å². The predicted molar refractivity (Wildman–Crippen MR) is 108 cm³/mol. The average Bonchev–Trinajstić information content (AvgIpc) is 3.33. The van der Waals surface area contributed by atoms with Gasteiger partial charge in [0, 0.05) is 18.2 Å². The normalized spacial score (nSPS) is 15.4. The van der Waals surface area contributed by atoms with E-state index in [-0.39, 0.29) is 5.91 Å². The van der Waals surface area contributed by atoms with Crippen LogP contribution in [0.3, 0.4) is 0 Å². The summed E-state index contributed by atoms with van der Waals surface area (Å²) in [5.41, 5.74) is 2.82. The molecule has 2 heterocycles. The number of carbonyl (C=O) groups is 1. The maximum Gasteiger partial charge on any atom is 0.277 e. The number of amides is 1. The van der Waals surface area contributed by atoms with E-state index in [4.69, 9.17) is 4.74 Å². The molecule has 2 aromatic carbocycles. The number of carbonyl (C=O) groups excluding carboxylic acids is 1. The average molecular weight is 374 g/mol. The third kappa shape index (κ3) is 3.29. The molecule has 1 aliphatic heterocycles. The molecule has 6 heteroatoms. The van der Waals surface area contributed by atoms with Gasteiger partial charge in [0.2, 0.25) is 0 Å². The zero-order chi connectivity index (χ0) is 19.7. The molecular weight excluding hydrogens is 352 g/mol. The second-order valence-corrected chi connectivity index (χ2v) is 7.39. The second-order valence-electron chi connectivity index (χ2n) is 7.39. The molecule has 0 unspecified atom stereocenters. The second kappa shape index (κ2) is 6.96. The Balaban J connectivity index is 1.63. The molecule has 0 saturated carbocycles. The first kappa shape index (κ1) is 18.0. The van der Waals surface area contributed by atoms with Gasteiger partial charge in [-0.1, -0.05) is 30.3 Å². The lowest BCUT2D eigenvalue weighted by Crippen LogP contribution is -2.40. The van der Waals surface area contributed by atoms with Crippen LogP contribution in [0, 0.1) is 0 Å². The zero-order valence-electron chi connectivity index (χ0n) is 16.2. The van der Waals surface area contributed by atoms with Gasteiger partial charge in [-0.15, -0.1) is 0 Å². The first-order chi connectivity index (χ1) is 13.5. The van der Waals surface area contributed by atoms with Gasteiger partial charge < -0.3 is 4.74 Å². The summed E-state index contributed by atoms with van der Waals surface area (Å²) < 4.78 is 7.01. The molecule has 28 heavy (non-hydrogen) atoms. The molecule has 0 aliphatic carbocycles. The minimum absolute atomic E-state index is 0.162. The molecule has 0 N–H and O–H groups in total. The van der Waals surface area contributed by atoms with Crippen molar-refractivity contribution in [3.8, 4) is 11.4 Å². The van der Waals surface area contributed by atoms with Gasteiger partial charge in [0.15, 0.2) is 0 Å². The molecule has 0 atom stereocenters. The predicted octanol–water partition coefficient (Wildman–Crippen LogP) is 3.91. The van der Waals surface area contributed by atoms with Crippen LogP contribution in [0.5, 0.6) is 5.75 Å². The van der Waals surface area contributed by atoms with Crippen molar-refractivity contribution < 1.29 is 9.53 Å². The first-order valence-electron chi connectivity index (χ1n) is 9.14. The number of hydrogen-bond donors (Lipinski definition) is 0. The van der Waals surface area contributed by atoms with Crippen LogP contribution in [0.2, 0.25) is 0 Å². The summed E-state index contributed by atoms with van der Waals surface area (Å²) in [4.78, 5) is 13.1. The molecule has 0 radical (unpaired) electrons. The molecule has 0 fully saturated rings. The summed E-state index contributed by atoms with van der Waals surface area (Å²) in [7, 11) is 1.64. The van der Waals surface area contributed by atoms with Crippen LogP contribution in [-0.2, 0) is 0 Å². The van der Waals surface area contributed by atoms with Gasteiger partial charge in [0.25, 0.3) is 5.91 Å². The van der Waals surface area contributed by atoms with Gasteiger partial charge in [0.05, 0.1) is 35.8 Å². The highest BCUT2D eigenvalue weighted by molar-refractivity contribution is 6.05. The van der Waals surface area contributed by atoms with Crippen LogP contribution >= 0.6 is 0 Å². The number of para-hydroxylation sites is 1. The minimum atomic E-state index is -0.426. The van der Waals surface area contributed by atoms with E-state index in [0.717, 1.165) is 22.7 Å². The molecule has 0 bridgehead atoms. The Labute approximate surface area is 164 Å². The van der Waals surface area contributed by atoms with E-state index in [1.54, 1.807) is 29.2 Å². The molecule has 6 nitrogen and oxygen atoms in total. The van der Waals surface area contributed by atoms with Crippen LogP contribution in [0.1, 0.15) is 36.2 Å². The lowest BCUT2D eigenvalue weighted by molar-refractivity contribution is 0.0612. The number of nitrogens with zero attached hydrogens (tertiary/aromatic N) is 4. The van der Waals surface area contributed by atoms with Crippen LogP contribution in [0.15, 0.2) is 72.1 Å². The minimum Gasteiger partial charge on any atom is -0.497 e. The van der Waals surface area contributed by atoms with Crippen LogP contribution in [0.25, 0.3) is 5.69 Å². The fourth-order valence-corrected chi connectivity index (χ4v) is 3.34. The van der Waals surface area contributed by atoms with E-state index in [1.165, 1.54) is 0 Å². The molecule has 1 amide bonds. The van der Waals surface area contributed by atoms with E-state index in [1.807, 2.05) is 68.4 Å². The number of aromatic nitrogens is 2. The number of ether oxygens (including phenoxy) is 1. The number of benzene rings is 2.